The van der Waals surface area contributed by atoms with E-state index in [1.807, 2.05) is 13.0 Å². The Kier molecular flexibility index (Phi) is 1.11. The SMILES string of the molecule is Cc1cc(P)on1. The Morgan fingerprint density at radius 3 is 2.71 bits per heavy atom. The van der Waals surface area contributed by atoms with Gasteiger partial charge in [0.25, 0.3) is 0 Å². The third-order valence-electron chi connectivity index (χ3n) is 0.646. The number of nitrogens with zero attached hydrogens (tertiary/aromatic N) is 1. The van der Waals surface area contributed by atoms with Crippen molar-refractivity contribution in [2.24, 2.45) is 0 Å². The largest absolute Gasteiger partial charge is 0.357 e. The van der Waals surface area contributed by atoms with Crippen LogP contribution in [-0.2, 0) is 0 Å². The summed E-state index contributed by atoms with van der Waals surface area (Å²) in [7, 11) is 2.42. The Hall–Kier alpha value is -0.360. The molecular formula is C4H6NOP. The van der Waals surface area contributed by atoms with E-state index in [0.717, 1.165) is 11.2 Å². The van der Waals surface area contributed by atoms with Gasteiger partial charge in [0.05, 0.1) is 5.69 Å². The second kappa shape index (κ2) is 1.63. The average molecular weight is 115 g/mol. The van der Waals surface area contributed by atoms with E-state index in [1.165, 1.54) is 0 Å². The molecule has 0 aliphatic rings. The van der Waals surface area contributed by atoms with Gasteiger partial charge >= 0.3 is 0 Å². The van der Waals surface area contributed by atoms with E-state index < -0.39 is 0 Å². The minimum Gasteiger partial charge on any atom is -0.357 e. The Bertz CT molecular complexity index is 144. The first-order valence-corrected chi connectivity index (χ1v) is 2.55. The quantitative estimate of drug-likeness (QED) is 0.460. The van der Waals surface area contributed by atoms with Crippen LogP contribution in [0, 0.1) is 6.92 Å². The maximum absolute atomic E-state index is 4.68. The molecule has 1 rings (SSSR count). The summed E-state index contributed by atoms with van der Waals surface area (Å²) in [5, 5.41) is 3.62. The van der Waals surface area contributed by atoms with Gasteiger partial charge in [-0.15, -0.1) is 0 Å². The highest BCUT2D eigenvalue weighted by Crippen LogP contribution is 1.91. The highest BCUT2D eigenvalue weighted by atomic mass is 31.0. The number of aryl methyl sites for hydroxylation is 1. The highest BCUT2D eigenvalue weighted by Gasteiger charge is 1.88. The minimum atomic E-state index is 0.789. The van der Waals surface area contributed by atoms with E-state index in [0.29, 0.717) is 0 Å². The first kappa shape index (κ1) is 4.79. The lowest BCUT2D eigenvalue weighted by atomic mass is 10.5. The van der Waals surface area contributed by atoms with E-state index in [4.69, 9.17) is 0 Å². The van der Waals surface area contributed by atoms with Crippen molar-refractivity contribution >= 4 is 14.7 Å². The van der Waals surface area contributed by atoms with Crippen molar-refractivity contribution < 1.29 is 4.52 Å². The summed E-state index contributed by atoms with van der Waals surface area (Å²) in [5.41, 5.74) is 1.71. The molecule has 0 aliphatic carbocycles. The fourth-order valence-corrected chi connectivity index (χ4v) is 0.677. The topological polar surface area (TPSA) is 26.0 Å². The average Bonchev–Trinajstić information content (AvgIpc) is 1.87. The second-order valence-corrected chi connectivity index (χ2v) is 1.94. The van der Waals surface area contributed by atoms with E-state index in [-0.39, 0.29) is 0 Å². The predicted molar refractivity (Wildman–Crippen MR) is 30.6 cm³/mol. The van der Waals surface area contributed by atoms with Crippen molar-refractivity contribution in [1.29, 1.82) is 0 Å². The lowest BCUT2D eigenvalue weighted by molar-refractivity contribution is 0.442. The molecule has 0 saturated carbocycles. The smallest absolute Gasteiger partial charge is 0.152 e. The molecule has 0 aromatic carbocycles. The van der Waals surface area contributed by atoms with E-state index in [1.54, 1.807) is 0 Å². The van der Waals surface area contributed by atoms with Crippen LogP contribution in [0.4, 0.5) is 0 Å². The molecule has 1 aromatic heterocycles. The summed E-state index contributed by atoms with van der Waals surface area (Å²) in [6.45, 7) is 1.89. The van der Waals surface area contributed by atoms with Gasteiger partial charge in [-0.25, -0.2) is 0 Å². The van der Waals surface area contributed by atoms with Gasteiger partial charge in [0.2, 0.25) is 0 Å². The summed E-state index contributed by atoms with van der Waals surface area (Å²) >= 11 is 0. The monoisotopic (exact) mass is 115 g/mol. The van der Waals surface area contributed by atoms with Crippen LogP contribution in [0.1, 0.15) is 5.69 Å². The Morgan fingerprint density at radius 2 is 2.57 bits per heavy atom. The molecule has 1 heterocycles. The summed E-state index contributed by atoms with van der Waals surface area (Å²) in [4.78, 5) is 0. The summed E-state index contributed by atoms with van der Waals surface area (Å²) in [6.07, 6.45) is 0. The fraction of sp³-hybridized carbons (Fsp3) is 0.250. The lowest BCUT2D eigenvalue weighted by Crippen LogP contribution is -1.75. The molecule has 0 bridgehead atoms. The molecule has 1 unspecified atom stereocenters. The molecule has 1 atom stereocenters. The van der Waals surface area contributed by atoms with Gasteiger partial charge in [-0.2, -0.15) is 0 Å². The van der Waals surface area contributed by atoms with Gasteiger partial charge in [-0.1, -0.05) is 14.4 Å². The Labute approximate surface area is 44.1 Å². The number of hydrogen-bond donors (Lipinski definition) is 0. The van der Waals surface area contributed by atoms with Crippen LogP contribution in [0.2, 0.25) is 0 Å². The van der Waals surface area contributed by atoms with Crippen LogP contribution < -0.4 is 5.50 Å². The normalized spacial score (nSPS) is 9.43. The lowest BCUT2D eigenvalue weighted by Gasteiger charge is -1.65. The molecule has 0 amide bonds. The predicted octanol–water partition coefficient (Wildman–Crippen LogP) is 0.483. The maximum Gasteiger partial charge on any atom is 0.152 e. The molecule has 3 heteroatoms. The Morgan fingerprint density at radius 1 is 1.86 bits per heavy atom. The van der Waals surface area contributed by atoms with Crippen LogP contribution in [-0.4, -0.2) is 5.16 Å². The zero-order valence-corrected chi connectivity index (χ0v) is 5.16. The zero-order chi connectivity index (χ0) is 5.28. The molecular weight excluding hydrogens is 109 g/mol. The van der Waals surface area contributed by atoms with Crippen LogP contribution >= 0.6 is 9.24 Å². The van der Waals surface area contributed by atoms with Crippen LogP contribution in [0.3, 0.4) is 0 Å². The van der Waals surface area contributed by atoms with Crippen LogP contribution in [0.15, 0.2) is 10.6 Å². The zero-order valence-electron chi connectivity index (χ0n) is 4.01. The van der Waals surface area contributed by atoms with Crippen molar-refractivity contribution in [3.63, 3.8) is 0 Å². The van der Waals surface area contributed by atoms with E-state index in [2.05, 4.69) is 18.9 Å². The van der Waals surface area contributed by atoms with Crippen molar-refractivity contribution in [3.8, 4) is 0 Å². The molecule has 38 valence electrons. The van der Waals surface area contributed by atoms with Crippen molar-refractivity contribution in [1.82, 2.24) is 5.16 Å². The van der Waals surface area contributed by atoms with Crippen molar-refractivity contribution in [2.45, 2.75) is 6.92 Å². The molecule has 0 radical (unpaired) electrons. The molecule has 0 aliphatic heterocycles. The molecule has 0 fully saturated rings. The van der Waals surface area contributed by atoms with Gasteiger partial charge < -0.3 is 4.52 Å². The van der Waals surface area contributed by atoms with Gasteiger partial charge in [0.15, 0.2) is 5.50 Å². The molecule has 1 aromatic rings. The molecule has 0 N–H and O–H groups in total. The van der Waals surface area contributed by atoms with Gasteiger partial charge in [-0.3, -0.25) is 0 Å². The van der Waals surface area contributed by atoms with Gasteiger partial charge in [0, 0.05) is 6.07 Å². The summed E-state index contributed by atoms with van der Waals surface area (Å²) in [6, 6.07) is 1.85. The number of hydrogen-bond acceptors (Lipinski definition) is 2. The summed E-state index contributed by atoms with van der Waals surface area (Å²) in [5.74, 6) is 0. The van der Waals surface area contributed by atoms with Crippen LogP contribution in [0.5, 0.6) is 0 Å². The Balaban J connectivity index is 3.04. The molecule has 0 saturated heterocycles. The first-order chi connectivity index (χ1) is 3.29. The van der Waals surface area contributed by atoms with Crippen molar-refractivity contribution in [2.75, 3.05) is 0 Å². The first-order valence-electron chi connectivity index (χ1n) is 1.98. The molecule has 2 nitrogen and oxygen atoms in total. The molecule has 0 spiro atoms. The number of aromatic nitrogens is 1. The van der Waals surface area contributed by atoms with Crippen LogP contribution in [0.25, 0.3) is 0 Å². The van der Waals surface area contributed by atoms with Crippen molar-refractivity contribution in [3.05, 3.63) is 11.8 Å². The van der Waals surface area contributed by atoms with Gasteiger partial charge in [0.1, 0.15) is 0 Å². The standard InChI is InChI=1S/C4H6NOP/c1-3-2-4(7)6-5-3/h2H,7H2,1H3. The second-order valence-electron chi connectivity index (χ2n) is 1.37. The van der Waals surface area contributed by atoms with Gasteiger partial charge in [-0.05, 0) is 6.92 Å². The minimum absolute atomic E-state index is 0.789. The summed E-state index contributed by atoms with van der Waals surface area (Å²) < 4.78 is 4.68. The molecule has 7 heavy (non-hydrogen) atoms. The third kappa shape index (κ3) is 1.00. The fourth-order valence-electron chi connectivity index (χ4n) is 0.383. The van der Waals surface area contributed by atoms with E-state index in [9.17, 15) is 0 Å². The number of rotatable bonds is 0. The maximum atomic E-state index is 4.68. The highest BCUT2D eigenvalue weighted by molar-refractivity contribution is 7.26. The third-order valence-corrected chi connectivity index (χ3v) is 0.918. The van der Waals surface area contributed by atoms with E-state index >= 15 is 0 Å².